The van der Waals surface area contributed by atoms with Crippen LogP contribution in [-0.4, -0.2) is 35.8 Å². The van der Waals surface area contributed by atoms with Gasteiger partial charge in [0.2, 0.25) is 5.28 Å². The van der Waals surface area contributed by atoms with Crippen molar-refractivity contribution in [3.63, 3.8) is 0 Å². The fraction of sp³-hybridized carbons (Fsp3) is 0.556. The average molecular weight is 213 g/mol. The zero-order valence-corrected chi connectivity index (χ0v) is 8.66. The molecule has 1 aromatic heterocycles. The van der Waals surface area contributed by atoms with Crippen LogP contribution in [0.4, 0.5) is 5.82 Å². The van der Waals surface area contributed by atoms with E-state index < -0.39 is 0 Å². The van der Waals surface area contributed by atoms with Gasteiger partial charge < -0.3 is 9.64 Å². The van der Waals surface area contributed by atoms with Crippen molar-refractivity contribution in [1.29, 1.82) is 0 Å². The third kappa shape index (κ3) is 1.96. The first-order valence-electron chi connectivity index (χ1n) is 4.52. The molecule has 5 heteroatoms. The van der Waals surface area contributed by atoms with E-state index in [9.17, 15) is 0 Å². The molecule has 0 bridgehead atoms. The molecule has 1 fully saturated rings. The molecular formula is C9H11ClN3O. The predicted octanol–water partition coefficient (Wildman–Crippen LogP) is 1.16. The number of ether oxygens (including phenoxy) is 1. The summed E-state index contributed by atoms with van der Waals surface area (Å²) in [5.41, 5.74) is 0. The molecule has 75 valence electrons. The van der Waals surface area contributed by atoms with Gasteiger partial charge in [0.1, 0.15) is 5.82 Å². The second-order valence-electron chi connectivity index (χ2n) is 3.24. The molecule has 1 aliphatic rings. The van der Waals surface area contributed by atoms with Crippen molar-refractivity contribution >= 4 is 17.4 Å². The van der Waals surface area contributed by atoms with Crippen LogP contribution in [0.25, 0.3) is 0 Å². The van der Waals surface area contributed by atoms with Gasteiger partial charge in [0.05, 0.1) is 25.5 Å². The number of anilines is 1. The van der Waals surface area contributed by atoms with Crippen LogP contribution < -0.4 is 4.90 Å². The molecule has 0 spiro atoms. The fourth-order valence-corrected chi connectivity index (χ4v) is 1.65. The zero-order valence-electron chi connectivity index (χ0n) is 7.90. The van der Waals surface area contributed by atoms with Crippen molar-refractivity contribution in [2.75, 3.05) is 24.7 Å². The maximum atomic E-state index is 5.70. The number of halogens is 1. The van der Waals surface area contributed by atoms with Gasteiger partial charge in [0, 0.05) is 12.6 Å². The first-order valence-corrected chi connectivity index (χ1v) is 4.90. The lowest BCUT2D eigenvalue weighted by Gasteiger charge is -2.34. The van der Waals surface area contributed by atoms with Gasteiger partial charge >= 0.3 is 0 Å². The molecule has 1 saturated heterocycles. The second kappa shape index (κ2) is 4.11. The van der Waals surface area contributed by atoms with E-state index in [0.717, 1.165) is 25.6 Å². The van der Waals surface area contributed by atoms with Gasteiger partial charge in [-0.2, -0.15) is 0 Å². The van der Waals surface area contributed by atoms with Crippen LogP contribution in [0.2, 0.25) is 5.28 Å². The molecule has 1 atom stereocenters. The summed E-state index contributed by atoms with van der Waals surface area (Å²) in [5.74, 6) is 0.820. The van der Waals surface area contributed by atoms with Gasteiger partial charge in [-0.3, -0.25) is 0 Å². The minimum absolute atomic E-state index is 0.237. The minimum atomic E-state index is 0.237. The van der Waals surface area contributed by atoms with Crippen LogP contribution in [0.5, 0.6) is 0 Å². The Balaban J connectivity index is 2.20. The molecule has 0 amide bonds. The van der Waals surface area contributed by atoms with Crippen molar-refractivity contribution in [2.24, 2.45) is 0 Å². The fourth-order valence-electron chi connectivity index (χ4n) is 1.51. The van der Waals surface area contributed by atoms with Gasteiger partial charge in [0.25, 0.3) is 0 Å². The molecule has 1 aromatic rings. The molecule has 4 nitrogen and oxygen atoms in total. The van der Waals surface area contributed by atoms with E-state index in [1.54, 1.807) is 6.07 Å². The van der Waals surface area contributed by atoms with Gasteiger partial charge in [-0.1, -0.05) is 0 Å². The highest BCUT2D eigenvalue weighted by Crippen LogP contribution is 2.17. The van der Waals surface area contributed by atoms with E-state index >= 15 is 0 Å². The van der Waals surface area contributed by atoms with Crippen LogP contribution in [0.3, 0.4) is 0 Å². The Morgan fingerprint density at radius 3 is 3.29 bits per heavy atom. The lowest BCUT2D eigenvalue weighted by atomic mass is 10.2. The predicted molar refractivity (Wildman–Crippen MR) is 53.5 cm³/mol. The molecule has 1 aliphatic heterocycles. The largest absolute Gasteiger partial charge is 0.377 e. The van der Waals surface area contributed by atoms with E-state index in [1.165, 1.54) is 0 Å². The number of morpholine rings is 1. The van der Waals surface area contributed by atoms with Crippen molar-refractivity contribution < 1.29 is 4.74 Å². The van der Waals surface area contributed by atoms with Gasteiger partial charge in [-0.15, -0.1) is 0 Å². The summed E-state index contributed by atoms with van der Waals surface area (Å²) in [5, 5.41) is 0.237. The Kier molecular flexibility index (Phi) is 2.84. The summed E-state index contributed by atoms with van der Waals surface area (Å²) in [6, 6.07) is 2.07. The van der Waals surface area contributed by atoms with Crippen molar-refractivity contribution in [3.8, 4) is 0 Å². The van der Waals surface area contributed by atoms with Crippen molar-refractivity contribution in [3.05, 3.63) is 17.5 Å². The van der Waals surface area contributed by atoms with Crippen LogP contribution in [0, 0.1) is 6.20 Å². The molecule has 2 rings (SSSR count). The Morgan fingerprint density at radius 2 is 2.57 bits per heavy atom. The SMILES string of the molecule is C[C@H]1COCCN1c1c[c]nc(Cl)n1. The smallest absolute Gasteiger partial charge is 0.224 e. The van der Waals surface area contributed by atoms with E-state index in [4.69, 9.17) is 16.3 Å². The number of hydrogen-bond donors (Lipinski definition) is 0. The van der Waals surface area contributed by atoms with Crippen LogP contribution >= 0.6 is 11.6 Å². The summed E-state index contributed by atoms with van der Waals surface area (Å²) in [6.07, 6.45) is 2.72. The average Bonchev–Trinajstić information content (AvgIpc) is 2.18. The third-order valence-corrected chi connectivity index (χ3v) is 2.39. The molecule has 2 heterocycles. The van der Waals surface area contributed by atoms with E-state index in [2.05, 4.69) is 28.0 Å². The summed E-state index contributed by atoms with van der Waals surface area (Å²) in [6.45, 7) is 4.38. The molecule has 14 heavy (non-hydrogen) atoms. The lowest BCUT2D eigenvalue weighted by molar-refractivity contribution is 0.0985. The molecule has 1 radical (unpaired) electrons. The normalized spacial score (nSPS) is 22.4. The molecule has 0 saturated carbocycles. The Morgan fingerprint density at radius 1 is 1.71 bits per heavy atom. The third-order valence-electron chi connectivity index (χ3n) is 2.22. The number of aromatic nitrogens is 2. The van der Waals surface area contributed by atoms with Gasteiger partial charge in [-0.25, -0.2) is 9.97 Å². The summed E-state index contributed by atoms with van der Waals surface area (Å²) < 4.78 is 5.34. The lowest BCUT2D eigenvalue weighted by Crippen LogP contribution is -2.44. The summed E-state index contributed by atoms with van der Waals surface area (Å²) in [4.78, 5) is 10.0. The monoisotopic (exact) mass is 212 g/mol. The van der Waals surface area contributed by atoms with Crippen LogP contribution in [0.15, 0.2) is 6.07 Å². The highest BCUT2D eigenvalue weighted by molar-refractivity contribution is 6.28. The maximum absolute atomic E-state index is 5.70. The molecular weight excluding hydrogens is 202 g/mol. The number of hydrogen-bond acceptors (Lipinski definition) is 4. The first-order chi connectivity index (χ1) is 6.77. The molecule has 0 aromatic carbocycles. The highest BCUT2D eigenvalue weighted by atomic mass is 35.5. The quantitative estimate of drug-likeness (QED) is 0.655. The standard InChI is InChI=1S/C9H11ClN3O/c1-7-6-14-5-4-13(7)8-2-3-11-9(10)12-8/h2,7H,4-6H2,1H3/t7-/m0/s1. The van der Waals surface area contributed by atoms with Crippen LogP contribution in [0.1, 0.15) is 6.92 Å². The van der Waals surface area contributed by atoms with Gasteiger partial charge in [0.15, 0.2) is 0 Å². The first kappa shape index (κ1) is 9.68. The highest BCUT2D eigenvalue weighted by Gasteiger charge is 2.20. The molecule has 0 N–H and O–H groups in total. The van der Waals surface area contributed by atoms with Crippen molar-refractivity contribution in [2.45, 2.75) is 13.0 Å². The van der Waals surface area contributed by atoms with Crippen LogP contribution in [-0.2, 0) is 4.74 Å². The van der Waals surface area contributed by atoms with E-state index in [-0.39, 0.29) is 5.28 Å². The summed E-state index contributed by atoms with van der Waals surface area (Å²) in [7, 11) is 0. The Hall–Kier alpha value is -0.870. The summed E-state index contributed by atoms with van der Waals surface area (Å²) >= 11 is 5.70. The van der Waals surface area contributed by atoms with Crippen molar-refractivity contribution in [1.82, 2.24) is 9.97 Å². The molecule has 0 aliphatic carbocycles. The van der Waals surface area contributed by atoms with E-state index in [1.807, 2.05) is 0 Å². The minimum Gasteiger partial charge on any atom is -0.377 e. The zero-order chi connectivity index (χ0) is 9.97. The number of nitrogens with zero attached hydrogens (tertiary/aromatic N) is 3. The number of rotatable bonds is 1. The molecule has 0 unspecified atom stereocenters. The van der Waals surface area contributed by atoms with Gasteiger partial charge in [-0.05, 0) is 18.5 Å². The van der Waals surface area contributed by atoms with E-state index in [0.29, 0.717) is 6.04 Å². The Bertz CT molecular complexity index is 321. The Labute approximate surface area is 87.9 Å². The maximum Gasteiger partial charge on any atom is 0.224 e. The topological polar surface area (TPSA) is 38.2 Å². The second-order valence-corrected chi connectivity index (χ2v) is 3.58.